The molecule has 0 radical (unpaired) electrons. The molecule has 0 aliphatic carbocycles. The first kappa shape index (κ1) is 15.9. The number of hydrogen-bond donors (Lipinski definition) is 2. The summed E-state index contributed by atoms with van der Waals surface area (Å²) in [7, 11) is 0. The summed E-state index contributed by atoms with van der Waals surface area (Å²) in [6.45, 7) is 0. The van der Waals surface area contributed by atoms with Gasteiger partial charge in [-0.3, -0.25) is 0 Å². The molecule has 0 bridgehead atoms. The molecule has 0 saturated carbocycles. The van der Waals surface area contributed by atoms with Crippen LogP contribution in [-0.2, 0) is 0 Å². The first-order valence-electron chi connectivity index (χ1n) is 5.89. The van der Waals surface area contributed by atoms with E-state index in [1.165, 1.54) is 0 Å². The van der Waals surface area contributed by atoms with Crippen LogP contribution in [0.4, 0.5) is 0 Å². The molecule has 0 amide bonds. The van der Waals surface area contributed by atoms with Gasteiger partial charge in [-0.1, -0.05) is 47.5 Å². The van der Waals surface area contributed by atoms with E-state index in [-0.39, 0.29) is 12.1 Å². The molecular weight excluding hydrogens is 338 g/mol. The maximum Gasteiger partial charge on any atom is 0.0677 e. The van der Waals surface area contributed by atoms with Crippen molar-refractivity contribution in [3.05, 3.63) is 69.7 Å². The number of nitrogens with one attached hydrogen (secondary N) is 2. The zero-order chi connectivity index (χ0) is 14.5. The highest BCUT2D eigenvalue weighted by atomic mass is 35.5. The van der Waals surface area contributed by atoms with Gasteiger partial charge in [-0.25, -0.2) is 9.67 Å². The second-order valence-electron chi connectivity index (χ2n) is 4.28. The standard InChI is InChI=1S/C14H12Cl4N2/c15-11-5-1-9(2-6-11)13(19-17)14(20-18)10-3-7-12(16)8-4-10/h1-8,13-14,19-20H. The predicted molar refractivity (Wildman–Crippen MR) is 86.4 cm³/mol. The van der Waals surface area contributed by atoms with Gasteiger partial charge in [0.25, 0.3) is 0 Å². The fraction of sp³-hybridized carbons (Fsp3) is 0.143. The molecule has 6 heteroatoms. The summed E-state index contributed by atoms with van der Waals surface area (Å²) < 4.78 is 0. The Kier molecular flexibility index (Phi) is 5.97. The van der Waals surface area contributed by atoms with E-state index in [0.29, 0.717) is 10.0 Å². The smallest absolute Gasteiger partial charge is 0.0677 e. The van der Waals surface area contributed by atoms with E-state index in [0.717, 1.165) is 11.1 Å². The molecule has 2 atom stereocenters. The van der Waals surface area contributed by atoms with Crippen molar-refractivity contribution in [2.24, 2.45) is 0 Å². The van der Waals surface area contributed by atoms with Crippen LogP contribution in [0.15, 0.2) is 48.5 Å². The van der Waals surface area contributed by atoms with Gasteiger partial charge in [-0.2, -0.15) is 0 Å². The quantitative estimate of drug-likeness (QED) is 0.719. The van der Waals surface area contributed by atoms with Gasteiger partial charge >= 0.3 is 0 Å². The maximum atomic E-state index is 5.90. The highest BCUT2D eigenvalue weighted by Gasteiger charge is 2.23. The second-order valence-corrected chi connectivity index (χ2v) is 5.59. The molecular formula is C14H12Cl4N2. The van der Waals surface area contributed by atoms with Crippen molar-refractivity contribution in [3.8, 4) is 0 Å². The number of benzene rings is 2. The van der Waals surface area contributed by atoms with Gasteiger partial charge in [0.2, 0.25) is 0 Å². The lowest BCUT2D eigenvalue weighted by atomic mass is 9.95. The van der Waals surface area contributed by atoms with E-state index in [9.17, 15) is 0 Å². The van der Waals surface area contributed by atoms with Crippen molar-refractivity contribution in [3.63, 3.8) is 0 Å². The zero-order valence-electron chi connectivity index (χ0n) is 10.3. The third kappa shape index (κ3) is 3.79. The Bertz CT molecular complexity index is 491. The van der Waals surface area contributed by atoms with Gasteiger partial charge < -0.3 is 0 Å². The fourth-order valence-corrected chi connectivity index (χ4v) is 2.73. The molecule has 0 heterocycles. The van der Waals surface area contributed by atoms with Crippen LogP contribution in [-0.4, -0.2) is 0 Å². The first-order valence-corrected chi connectivity index (χ1v) is 7.40. The Morgan fingerprint density at radius 1 is 0.600 bits per heavy atom. The molecule has 2 unspecified atom stereocenters. The topological polar surface area (TPSA) is 24.1 Å². The van der Waals surface area contributed by atoms with Gasteiger partial charge in [-0.05, 0) is 58.9 Å². The Hall–Kier alpha value is -0.480. The average Bonchev–Trinajstić information content (AvgIpc) is 2.47. The summed E-state index contributed by atoms with van der Waals surface area (Å²) in [4.78, 5) is 5.50. The summed E-state index contributed by atoms with van der Waals surface area (Å²) >= 11 is 23.6. The average molecular weight is 350 g/mol. The van der Waals surface area contributed by atoms with Gasteiger partial charge in [0.15, 0.2) is 0 Å². The van der Waals surface area contributed by atoms with E-state index in [4.69, 9.17) is 46.8 Å². The van der Waals surface area contributed by atoms with Crippen LogP contribution in [0.5, 0.6) is 0 Å². The molecule has 0 aliphatic heterocycles. The van der Waals surface area contributed by atoms with Crippen LogP contribution >= 0.6 is 46.8 Å². The lowest BCUT2D eigenvalue weighted by Crippen LogP contribution is -2.27. The Balaban J connectivity index is 2.32. The minimum absolute atomic E-state index is 0.215. The highest BCUT2D eigenvalue weighted by Crippen LogP contribution is 2.31. The molecule has 2 aromatic carbocycles. The minimum atomic E-state index is -0.215. The predicted octanol–water partition coefficient (Wildman–Crippen LogP) is 5.26. The summed E-state index contributed by atoms with van der Waals surface area (Å²) in [6.07, 6.45) is 0. The monoisotopic (exact) mass is 348 g/mol. The molecule has 0 spiro atoms. The highest BCUT2D eigenvalue weighted by molar-refractivity contribution is 6.30. The van der Waals surface area contributed by atoms with Crippen LogP contribution < -0.4 is 9.67 Å². The molecule has 20 heavy (non-hydrogen) atoms. The Labute approximate surface area is 138 Å². The third-order valence-corrected chi connectivity index (χ3v) is 4.00. The summed E-state index contributed by atoms with van der Waals surface area (Å²) in [5, 5.41) is 1.34. The Morgan fingerprint density at radius 2 is 0.900 bits per heavy atom. The molecule has 0 saturated heterocycles. The van der Waals surface area contributed by atoms with Gasteiger partial charge in [0, 0.05) is 10.0 Å². The number of rotatable bonds is 5. The first-order chi connectivity index (χ1) is 9.65. The van der Waals surface area contributed by atoms with Crippen molar-refractivity contribution in [1.29, 1.82) is 0 Å². The summed E-state index contributed by atoms with van der Waals surface area (Å²) in [5.41, 5.74) is 1.94. The van der Waals surface area contributed by atoms with E-state index in [1.54, 1.807) is 0 Å². The van der Waals surface area contributed by atoms with Crippen LogP contribution in [0, 0.1) is 0 Å². The van der Waals surface area contributed by atoms with E-state index in [1.807, 2.05) is 48.5 Å². The van der Waals surface area contributed by atoms with E-state index < -0.39 is 0 Å². The molecule has 0 fully saturated rings. The second kappa shape index (κ2) is 7.51. The molecule has 2 rings (SSSR count). The number of halogens is 4. The summed E-state index contributed by atoms with van der Waals surface area (Å²) in [5.74, 6) is 0. The van der Waals surface area contributed by atoms with Crippen LogP contribution in [0.1, 0.15) is 23.2 Å². The molecule has 0 aliphatic rings. The molecule has 0 aromatic heterocycles. The molecule has 2 nitrogen and oxygen atoms in total. The van der Waals surface area contributed by atoms with Crippen molar-refractivity contribution in [1.82, 2.24) is 9.67 Å². The maximum absolute atomic E-state index is 5.90. The lowest BCUT2D eigenvalue weighted by molar-refractivity contribution is 0.506. The van der Waals surface area contributed by atoms with E-state index >= 15 is 0 Å². The molecule has 106 valence electrons. The van der Waals surface area contributed by atoms with Crippen molar-refractivity contribution in [2.45, 2.75) is 12.1 Å². The summed E-state index contributed by atoms with van der Waals surface area (Å²) in [6, 6.07) is 14.4. The fourth-order valence-electron chi connectivity index (χ4n) is 1.98. The third-order valence-electron chi connectivity index (χ3n) is 3.03. The normalized spacial score (nSPS) is 14.0. The number of hydrogen-bond acceptors (Lipinski definition) is 2. The van der Waals surface area contributed by atoms with Crippen molar-refractivity contribution >= 4 is 46.8 Å². The largest absolute Gasteiger partial charge is 0.224 e. The van der Waals surface area contributed by atoms with Gasteiger partial charge in [0.05, 0.1) is 12.1 Å². The Morgan fingerprint density at radius 3 is 1.15 bits per heavy atom. The lowest BCUT2D eigenvalue weighted by Gasteiger charge is -2.25. The van der Waals surface area contributed by atoms with Crippen LogP contribution in [0.2, 0.25) is 10.0 Å². The van der Waals surface area contributed by atoms with Crippen LogP contribution in [0.25, 0.3) is 0 Å². The minimum Gasteiger partial charge on any atom is -0.224 e. The van der Waals surface area contributed by atoms with Gasteiger partial charge in [-0.15, -0.1) is 0 Å². The zero-order valence-corrected chi connectivity index (χ0v) is 13.3. The van der Waals surface area contributed by atoms with Crippen molar-refractivity contribution < 1.29 is 0 Å². The van der Waals surface area contributed by atoms with Crippen LogP contribution in [0.3, 0.4) is 0 Å². The van der Waals surface area contributed by atoms with Crippen molar-refractivity contribution in [2.75, 3.05) is 0 Å². The molecule has 2 aromatic rings. The molecule has 2 N–H and O–H groups in total. The van der Waals surface area contributed by atoms with Gasteiger partial charge in [0.1, 0.15) is 0 Å². The SMILES string of the molecule is ClNC(c1ccc(Cl)cc1)C(NCl)c1ccc(Cl)cc1. The van der Waals surface area contributed by atoms with E-state index in [2.05, 4.69) is 9.67 Å².